The van der Waals surface area contributed by atoms with Crippen molar-refractivity contribution < 1.29 is 0 Å². The molecule has 3 heteroatoms. The second-order valence-electron chi connectivity index (χ2n) is 3.82. The summed E-state index contributed by atoms with van der Waals surface area (Å²) in [6, 6.07) is 8.29. The van der Waals surface area contributed by atoms with Gasteiger partial charge in [-0.05, 0) is 37.1 Å². The lowest BCUT2D eigenvalue weighted by Crippen LogP contribution is -1.93. The van der Waals surface area contributed by atoms with Crippen LogP contribution in [0.1, 0.15) is 17.0 Å². The third-order valence-corrected chi connectivity index (χ3v) is 2.93. The van der Waals surface area contributed by atoms with Crippen LogP contribution in [0.15, 0.2) is 30.5 Å². The highest BCUT2D eigenvalue weighted by Crippen LogP contribution is 2.20. The average molecular weight is 230 g/mol. The summed E-state index contributed by atoms with van der Waals surface area (Å²) in [5, 5.41) is 0. The summed E-state index contributed by atoms with van der Waals surface area (Å²) in [5.41, 5.74) is 4.67. The van der Waals surface area contributed by atoms with Gasteiger partial charge in [0, 0.05) is 11.8 Å². The SMILES string of the molecule is Cc1ccc(-c2ccnc(CS)n2)cc1C. The van der Waals surface area contributed by atoms with Crippen LogP contribution in [0.2, 0.25) is 0 Å². The molecule has 0 aliphatic heterocycles. The molecule has 0 N–H and O–H groups in total. The van der Waals surface area contributed by atoms with Crippen molar-refractivity contribution in [2.24, 2.45) is 0 Å². The molecule has 0 saturated carbocycles. The molecule has 16 heavy (non-hydrogen) atoms. The molecular formula is C13H14N2S. The third-order valence-electron chi connectivity index (χ3n) is 2.65. The van der Waals surface area contributed by atoms with Crippen molar-refractivity contribution in [2.45, 2.75) is 19.6 Å². The van der Waals surface area contributed by atoms with Gasteiger partial charge in [0.05, 0.1) is 11.4 Å². The van der Waals surface area contributed by atoms with Crippen molar-refractivity contribution in [1.29, 1.82) is 0 Å². The number of rotatable bonds is 2. The largest absolute Gasteiger partial charge is 0.240 e. The van der Waals surface area contributed by atoms with E-state index in [4.69, 9.17) is 0 Å². The van der Waals surface area contributed by atoms with E-state index >= 15 is 0 Å². The van der Waals surface area contributed by atoms with Crippen LogP contribution in [0.3, 0.4) is 0 Å². The summed E-state index contributed by atoms with van der Waals surface area (Å²) in [5.74, 6) is 1.33. The van der Waals surface area contributed by atoms with Gasteiger partial charge in [0.25, 0.3) is 0 Å². The maximum absolute atomic E-state index is 4.44. The van der Waals surface area contributed by atoms with E-state index in [1.807, 2.05) is 6.07 Å². The van der Waals surface area contributed by atoms with Gasteiger partial charge in [0.15, 0.2) is 0 Å². The summed E-state index contributed by atoms with van der Waals surface area (Å²) in [6.07, 6.45) is 1.78. The Balaban J connectivity index is 2.46. The van der Waals surface area contributed by atoms with Crippen molar-refractivity contribution in [3.63, 3.8) is 0 Å². The Morgan fingerprint density at radius 2 is 1.94 bits per heavy atom. The van der Waals surface area contributed by atoms with Gasteiger partial charge < -0.3 is 0 Å². The van der Waals surface area contributed by atoms with Gasteiger partial charge in [0.1, 0.15) is 5.82 Å². The summed E-state index contributed by atoms with van der Waals surface area (Å²) < 4.78 is 0. The van der Waals surface area contributed by atoms with Crippen LogP contribution in [-0.4, -0.2) is 9.97 Å². The normalized spacial score (nSPS) is 10.4. The highest BCUT2D eigenvalue weighted by molar-refractivity contribution is 7.79. The molecular weight excluding hydrogens is 216 g/mol. The summed E-state index contributed by atoms with van der Waals surface area (Å²) in [7, 11) is 0. The van der Waals surface area contributed by atoms with E-state index in [0.29, 0.717) is 5.75 Å². The molecule has 0 radical (unpaired) electrons. The minimum Gasteiger partial charge on any atom is -0.240 e. The number of benzene rings is 1. The smallest absolute Gasteiger partial charge is 0.138 e. The number of aryl methyl sites for hydroxylation is 2. The molecule has 0 unspecified atom stereocenters. The fraction of sp³-hybridized carbons (Fsp3) is 0.231. The van der Waals surface area contributed by atoms with Gasteiger partial charge in [-0.25, -0.2) is 9.97 Å². The molecule has 0 amide bonds. The molecule has 1 aromatic heterocycles. The first-order valence-electron chi connectivity index (χ1n) is 5.21. The fourth-order valence-corrected chi connectivity index (χ4v) is 1.69. The number of aromatic nitrogens is 2. The maximum atomic E-state index is 4.44. The predicted molar refractivity (Wildman–Crippen MR) is 69.6 cm³/mol. The van der Waals surface area contributed by atoms with Crippen LogP contribution in [0.5, 0.6) is 0 Å². The molecule has 0 aliphatic rings. The first kappa shape index (κ1) is 11.1. The Labute approximate surface area is 101 Å². The topological polar surface area (TPSA) is 25.8 Å². The zero-order valence-electron chi connectivity index (χ0n) is 9.44. The highest BCUT2D eigenvalue weighted by atomic mass is 32.1. The van der Waals surface area contributed by atoms with Crippen LogP contribution >= 0.6 is 12.6 Å². The Morgan fingerprint density at radius 3 is 2.62 bits per heavy atom. The van der Waals surface area contributed by atoms with E-state index in [1.54, 1.807) is 6.20 Å². The lowest BCUT2D eigenvalue weighted by atomic mass is 10.0. The molecule has 82 valence electrons. The number of thiol groups is 1. The van der Waals surface area contributed by atoms with Crippen LogP contribution in [0.4, 0.5) is 0 Å². The zero-order valence-corrected chi connectivity index (χ0v) is 10.3. The Morgan fingerprint density at radius 1 is 1.12 bits per heavy atom. The van der Waals surface area contributed by atoms with E-state index in [0.717, 1.165) is 17.1 Å². The molecule has 0 aliphatic carbocycles. The number of nitrogens with zero attached hydrogens (tertiary/aromatic N) is 2. The van der Waals surface area contributed by atoms with E-state index in [2.05, 4.69) is 54.6 Å². The predicted octanol–water partition coefficient (Wildman–Crippen LogP) is 3.19. The van der Waals surface area contributed by atoms with Gasteiger partial charge in [0.2, 0.25) is 0 Å². The Hall–Kier alpha value is -1.35. The molecule has 0 fully saturated rings. The van der Waals surface area contributed by atoms with Crippen molar-refractivity contribution in [3.05, 3.63) is 47.4 Å². The monoisotopic (exact) mass is 230 g/mol. The summed E-state index contributed by atoms with van der Waals surface area (Å²) >= 11 is 4.18. The van der Waals surface area contributed by atoms with Crippen molar-refractivity contribution >= 4 is 12.6 Å². The molecule has 2 nitrogen and oxygen atoms in total. The second-order valence-corrected chi connectivity index (χ2v) is 4.13. The zero-order chi connectivity index (χ0) is 11.5. The van der Waals surface area contributed by atoms with Crippen LogP contribution < -0.4 is 0 Å². The van der Waals surface area contributed by atoms with E-state index in [-0.39, 0.29) is 0 Å². The van der Waals surface area contributed by atoms with Gasteiger partial charge in [-0.1, -0.05) is 12.1 Å². The minimum atomic E-state index is 0.568. The molecule has 2 aromatic rings. The summed E-state index contributed by atoms with van der Waals surface area (Å²) in [4.78, 5) is 8.58. The second kappa shape index (κ2) is 4.66. The molecule has 1 aromatic carbocycles. The fourth-order valence-electron chi connectivity index (χ4n) is 1.54. The Kier molecular flexibility index (Phi) is 3.25. The van der Waals surface area contributed by atoms with Crippen LogP contribution in [0, 0.1) is 13.8 Å². The average Bonchev–Trinajstić information content (AvgIpc) is 2.33. The van der Waals surface area contributed by atoms with Crippen LogP contribution in [0.25, 0.3) is 11.3 Å². The lowest BCUT2D eigenvalue weighted by Gasteiger charge is -2.05. The molecule has 1 heterocycles. The Bertz CT molecular complexity index is 509. The van der Waals surface area contributed by atoms with E-state index in [1.165, 1.54) is 11.1 Å². The van der Waals surface area contributed by atoms with Crippen molar-refractivity contribution in [3.8, 4) is 11.3 Å². The first-order valence-corrected chi connectivity index (χ1v) is 5.84. The standard InChI is InChI=1S/C13H14N2S/c1-9-3-4-11(7-10(9)2)12-5-6-14-13(8-16)15-12/h3-7,16H,8H2,1-2H3. The van der Waals surface area contributed by atoms with Crippen molar-refractivity contribution in [1.82, 2.24) is 9.97 Å². The highest BCUT2D eigenvalue weighted by Gasteiger charge is 2.02. The quantitative estimate of drug-likeness (QED) is 0.802. The molecule has 0 atom stereocenters. The minimum absolute atomic E-state index is 0.568. The first-order chi connectivity index (χ1) is 7.70. The van der Waals surface area contributed by atoms with Crippen LogP contribution in [-0.2, 0) is 5.75 Å². The number of hydrogen-bond donors (Lipinski definition) is 1. The molecule has 2 rings (SSSR count). The van der Waals surface area contributed by atoms with Gasteiger partial charge >= 0.3 is 0 Å². The van der Waals surface area contributed by atoms with Gasteiger partial charge in [-0.15, -0.1) is 0 Å². The van der Waals surface area contributed by atoms with E-state index in [9.17, 15) is 0 Å². The number of hydrogen-bond acceptors (Lipinski definition) is 3. The van der Waals surface area contributed by atoms with Crippen molar-refractivity contribution in [2.75, 3.05) is 0 Å². The van der Waals surface area contributed by atoms with Gasteiger partial charge in [-0.3, -0.25) is 0 Å². The lowest BCUT2D eigenvalue weighted by molar-refractivity contribution is 1.04. The van der Waals surface area contributed by atoms with Gasteiger partial charge in [-0.2, -0.15) is 12.6 Å². The molecule has 0 saturated heterocycles. The summed E-state index contributed by atoms with van der Waals surface area (Å²) in [6.45, 7) is 4.22. The van der Waals surface area contributed by atoms with E-state index < -0.39 is 0 Å². The third kappa shape index (κ3) is 2.25. The molecule has 0 spiro atoms. The maximum Gasteiger partial charge on any atom is 0.138 e. The molecule has 0 bridgehead atoms.